The Morgan fingerprint density at radius 3 is 2.57 bits per heavy atom. The van der Waals surface area contributed by atoms with Crippen LogP contribution in [-0.2, 0) is 22.7 Å². The van der Waals surface area contributed by atoms with Gasteiger partial charge in [0.05, 0.1) is 6.54 Å². The molecule has 2 amide bonds. The Kier molecular flexibility index (Phi) is 6.70. The summed E-state index contributed by atoms with van der Waals surface area (Å²) in [5.41, 5.74) is 1.84. The molecule has 28 heavy (non-hydrogen) atoms. The van der Waals surface area contributed by atoms with E-state index >= 15 is 0 Å². The van der Waals surface area contributed by atoms with E-state index in [-0.39, 0.29) is 12.6 Å². The van der Waals surface area contributed by atoms with Gasteiger partial charge in [-0.25, -0.2) is 0 Å². The number of piperidine rings is 1. The first kappa shape index (κ1) is 20.4. The van der Waals surface area contributed by atoms with Crippen molar-refractivity contribution in [1.82, 2.24) is 20.3 Å². The van der Waals surface area contributed by atoms with Crippen molar-refractivity contribution in [2.45, 2.75) is 38.9 Å². The van der Waals surface area contributed by atoms with E-state index in [0.717, 1.165) is 37.5 Å². The lowest BCUT2D eigenvalue weighted by Gasteiger charge is -2.32. The van der Waals surface area contributed by atoms with E-state index in [1.165, 1.54) is 10.5 Å². The van der Waals surface area contributed by atoms with Crippen molar-refractivity contribution in [2.75, 3.05) is 20.1 Å². The van der Waals surface area contributed by atoms with Gasteiger partial charge in [-0.05, 0) is 37.5 Å². The molecule has 8 heteroatoms. The van der Waals surface area contributed by atoms with Crippen LogP contribution in [0.3, 0.4) is 0 Å². The average molecular weight is 405 g/mol. The van der Waals surface area contributed by atoms with Crippen molar-refractivity contribution < 1.29 is 14.1 Å². The molecule has 1 aliphatic heterocycles. The van der Waals surface area contributed by atoms with E-state index in [0.29, 0.717) is 11.5 Å². The highest BCUT2D eigenvalue weighted by atomic mass is 35.5. The van der Waals surface area contributed by atoms with Gasteiger partial charge in [0.15, 0.2) is 0 Å². The van der Waals surface area contributed by atoms with Crippen LogP contribution in [-0.4, -0.2) is 52.9 Å². The number of hydrogen-bond donors (Lipinski definition) is 1. The van der Waals surface area contributed by atoms with Gasteiger partial charge in [0.1, 0.15) is 11.5 Å². The lowest BCUT2D eigenvalue weighted by atomic mass is 10.0. The molecule has 2 aromatic rings. The van der Waals surface area contributed by atoms with Crippen molar-refractivity contribution in [3.63, 3.8) is 0 Å². The van der Waals surface area contributed by atoms with Gasteiger partial charge in [0, 0.05) is 43.8 Å². The summed E-state index contributed by atoms with van der Waals surface area (Å²) in [5, 5.41) is 7.45. The standard InChI is InChI=1S/C20H25ClN4O3/c1-14-11-18(23-28-14)13-24(2)20(27)19(26)22-17-7-9-25(10-8-17)12-15-3-5-16(21)6-4-15/h3-6,11,17H,7-10,12-13H2,1-2H3,(H,22,26). The summed E-state index contributed by atoms with van der Waals surface area (Å²) < 4.78 is 4.99. The van der Waals surface area contributed by atoms with E-state index in [2.05, 4.69) is 15.4 Å². The molecular weight excluding hydrogens is 380 g/mol. The fourth-order valence-electron chi connectivity index (χ4n) is 3.31. The second-order valence-corrected chi connectivity index (χ2v) is 7.68. The molecule has 0 unspecified atom stereocenters. The van der Waals surface area contributed by atoms with Crippen LogP contribution in [0.15, 0.2) is 34.9 Å². The molecule has 3 rings (SSSR count). The summed E-state index contributed by atoms with van der Waals surface area (Å²) in [6, 6.07) is 9.61. The van der Waals surface area contributed by atoms with Gasteiger partial charge in [0.25, 0.3) is 0 Å². The highest BCUT2D eigenvalue weighted by Gasteiger charge is 2.25. The lowest BCUT2D eigenvalue weighted by Crippen LogP contribution is -2.49. The number of likely N-dealkylation sites (tertiary alicyclic amines) is 1. The fourth-order valence-corrected chi connectivity index (χ4v) is 3.44. The zero-order valence-electron chi connectivity index (χ0n) is 16.2. The SMILES string of the molecule is Cc1cc(CN(C)C(=O)C(=O)NC2CCN(Cc3ccc(Cl)cc3)CC2)no1. The summed E-state index contributed by atoms with van der Waals surface area (Å²) in [6.45, 7) is 4.62. The minimum atomic E-state index is -0.570. The average Bonchev–Trinajstić information content (AvgIpc) is 3.09. The molecule has 2 heterocycles. The quantitative estimate of drug-likeness (QED) is 0.774. The summed E-state index contributed by atoms with van der Waals surface area (Å²) in [6.07, 6.45) is 1.64. The first-order chi connectivity index (χ1) is 13.4. The Bertz CT molecular complexity index is 813. The smallest absolute Gasteiger partial charge is 0.311 e. The summed E-state index contributed by atoms with van der Waals surface area (Å²) in [4.78, 5) is 28.3. The van der Waals surface area contributed by atoms with Crippen molar-refractivity contribution in [2.24, 2.45) is 0 Å². The molecule has 0 atom stereocenters. The van der Waals surface area contributed by atoms with Gasteiger partial charge in [-0.1, -0.05) is 28.9 Å². The number of likely N-dealkylation sites (N-methyl/N-ethyl adjacent to an activating group) is 1. The third-order valence-electron chi connectivity index (χ3n) is 4.86. The Hall–Kier alpha value is -2.38. The number of amides is 2. The highest BCUT2D eigenvalue weighted by Crippen LogP contribution is 2.16. The van der Waals surface area contributed by atoms with Crippen LogP contribution >= 0.6 is 11.6 Å². The fraction of sp³-hybridized carbons (Fsp3) is 0.450. The number of nitrogens with zero attached hydrogens (tertiary/aromatic N) is 3. The Morgan fingerprint density at radius 2 is 1.96 bits per heavy atom. The lowest BCUT2D eigenvalue weighted by molar-refractivity contribution is -0.145. The van der Waals surface area contributed by atoms with Gasteiger partial charge >= 0.3 is 11.8 Å². The molecule has 0 bridgehead atoms. The molecule has 1 aromatic carbocycles. The van der Waals surface area contributed by atoms with Crippen LogP contribution in [0.5, 0.6) is 0 Å². The van der Waals surface area contributed by atoms with Crippen LogP contribution in [0.4, 0.5) is 0 Å². The van der Waals surface area contributed by atoms with Crippen molar-refractivity contribution in [3.8, 4) is 0 Å². The number of benzene rings is 1. The number of halogens is 1. The number of rotatable bonds is 5. The number of aromatic nitrogens is 1. The topological polar surface area (TPSA) is 78.7 Å². The van der Waals surface area contributed by atoms with E-state index in [1.54, 1.807) is 20.0 Å². The van der Waals surface area contributed by atoms with E-state index in [9.17, 15) is 9.59 Å². The monoisotopic (exact) mass is 404 g/mol. The molecule has 0 spiro atoms. The third-order valence-corrected chi connectivity index (χ3v) is 5.11. The molecule has 1 saturated heterocycles. The van der Waals surface area contributed by atoms with Crippen LogP contribution in [0.1, 0.15) is 29.9 Å². The van der Waals surface area contributed by atoms with E-state index in [4.69, 9.17) is 16.1 Å². The maximum Gasteiger partial charge on any atom is 0.311 e. The normalized spacial score (nSPS) is 15.4. The van der Waals surface area contributed by atoms with E-state index in [1.807, 2.05) is 24.3 Å². The van der Waals surface area contributed by atoms with Crippen LogP contribution in [0.2, 0.25) is 5.02 Å². The van der Waals surface area contributed by atoms with Gasteiger partial charge in [-0.2, -0.15) is 0 Å². The summed E-state index contributed by atoms with van der Waals surface area (Å²) in [7, 11) is 1.58. The minimum absolute atomic E-state index is 0.0145. The van der Waals surface area contributed by atoms with E-state index < -0.39 is 11.8 Å². The molecule has 150 valence electrons. The summed E-state index contributed by atoms with van der Waals surface area (Å²) in [5.74, 6) is -0.464. The Labute approximate surface area is 169 Å². The Balaban J connectivity index is 1.42. The highest BCUT2D eigenvalue weighted by molar-refractivity contribution is 6.35. The zero-order valence-corrected chi connectivity index (χ0v) is 16.9. The molecule has 1 N–H and O–H groups in total. The number of carbonyl (C=O) groups is 2. The molecular formula is C20H25ClN4O3. The second kappa shape index (κ2) is 9.21. The molecule has 1 aliphatic rings. The molecule has 0 aliphatic carbocycles. The minimum Gasteiger partial charge on any atom is -0.361 e. The largest absolute Gasteiger partial charge is 0.361 e. The first-order valence-corrected chi connectivity index (χ1v) is 9.73. The van der Waals surface area contributed by atoms with Gasteiger partial charge in [0.2, 0.25) is 0 Å². The van der Waals surface area contributed by atoms with Crippen molar-refractivity contribution >= 4 is 23.4 Å². The predicted octanol–water partition coefficient (Wildman–Crippen LogP) is 2.38. The number of hydrogen-bond acceptors (Lipinski definition) is 5. The maximum atomic E-state index is 12.3. The van der Waals surface area contributed by atoms with Gasteiger partial charge in [-0.15, -0.1) is 0 Å². The van der Waals surface area contributed by atoms with Crippen LogP contribution in [0, 0.1) is 6.92 Å². The molecule has 0 radical (unpaired) electrons. The third kappa shape index (κ3) is 5.56. The Morgan fingerprint density at radius 1 is 1.29 bits per heavy atom. The maximum absolute atomic E-state index is 12.3. The number of carbonyl (C=O) groups excluding carboxylic acids is 2. The first-order valence-electron chi connectivity index (χ1n) is 9.35. The summed E-state index contributed by atoms with van der Waals surface area (Å²) >= 11 is 5.92. The number of nitrogens with one attached hydrogen (secondary N) is 1. The van der Waals surface area contributed by atoms with Crippen molar-refractivity contribution in [3.05, 3.63) is 52.4 Å². The second-order valence-electron chi connectivity index (χ2n) is 7.24. The zero-order chi connectivity index (χ0) is 20.1. The number of aryl methyl sites for hydroxylation is 1. The van der Waals surface area contributed by atoms with Crippen molar-refractivity contribution in [1.29, 1.82) is 0 Å². The molecule has 0 saturated carbocycles. The predicted molar refractivity (Wildman–Crippen MR) is 106 cm³/mol. The van der Waals surface area contributed by atoms with Crippen LogP contribution < -0.4 is 5.32 Å². The molecule has 7 nitrogen and oxygen atoms in total. The molecule has 1 fully saturated rings. The van der Waals surface area contributed by atoms with Crippen LogP contribution in [0.25, 0.3) is 0 Å². The van der Waals surface area contributed by atoms with Gasteiger partial charge < -0.3 is 14.7 Å². The molecule has 1 aromatic heterocycles. The van der Waals surface area contributed by atoms with Gasteiger partial charge in [-0.3, -0.25) is 14.5 Å².